The van der Waals surface area contributed by atoms with Crippen LogP contribution in [0.3, 0.4) is 0 Å². The zero-order valence-corrected chi connectivity index (χ0v) is 9.73. The molecule has 0 spiro atoms. The quantitative estimate of drug-likeness (QED) is 0.690. The van der Waals surface area contributed by atoms with E-state index in [1.165, 1.54) is 0 Å². The van der Waals surface area contributed by atoms with Crippen molar-refractivity contribution in [1.82, 2.24) is 0 Å². The van der Waals surface area contributed by atoms with Gasteiger partial charge in [-0.2, -0.15) is 0 Å². The maximum atomic E-state index is 13.2. The molecule has 0 radical (unpaired) electrons. The summed E-state index contributed by atoms with van der Waals surface area (Å²) in [6.07, 6.45) is 0. The lowest BCUT2D eigenvalue weighted by atomic mass is 9.97. The fourth-order valence-electron chi connectivity index (χ4n) is 1.16. The summed E-state index contributed by atoms with van der Waals surface area (Å²) in [5.74, 6) is 0.229. The molecule has 0 bridgehead atoms. The molecule has 1 rings (SSSR count). The Bertz CT molecular complexity index is 294. The Morgan fingerprint density at radius 2 is 1.92 bits per heavy atom. The molecule has 0 amide bonds. The number of rotatable bonds is 2. The van der Waals surface area contributed by atoms with Gasteiger partial charge in [-0.1, -0.05) is 41.9 Å². The van der Waals surface area contributed by atoms with Gasteiger partial charge >= 0.3 is 0 Å². The van der Waals surface area contributed by atoms with Crippen LogP contribution >= 0.6 is 15.9 Å². The third kappa shape index (κ3) is 2.53. The highest BCUT2D eigenvalue weighted by Crippen LogP contribution is 2.25. The van der Waals surface area contributed by atoms with Crippen LogP contribution in [0.1, 0.15) is 30.9 Å². The van der Waals surface area contributed by atoms with Gasteiger partial charge in [0.2, 0.25) is 0 Å². The predicted molar refractivity (Wildman–Crippen MR) is 57.9 cm³/mol. The molecule has 0 N–H and O–H groups in total. The van der Waals surface area contributed by atoms with E-state index >= 15 is 0 Å². The van der Waals surface area contributed by atoms with Gasteiger partial charge in [0.05, 0.1) is 0 Å². The number of halogens is 2. The van der Waals surface area contributed by atoms with Crippen LogP contribution in [0, 0.1) is 12.7 Å². The molecule has 2 atom stereocenters. The summed E-state index contributed by atoms with van der Waals surface area (Å²) in [7, 11) is 0. The summed E-state index contributed by atoms with van der Waals surface area (Å²) in [4.78, 5) is 0.370. The molecule has 0 saturated carbocycles. The van der Waals surface area contributed by atoms with E-state index in [0.29, 0.717) is 16.3 Å². The summed E-state index contributed by atoms with van der Waals surface area (Å²) >= 11 is 3.50. The van der Waals surface area contributed by atoms with Crippen LogP contribution in [0.5, 0.6) is 0 Å². The van der Waals surface area contributed by atoms with Crippen molar-refractivity contribution in [2.45, 2.75) is 31.5 Å². The van der Waals surface area contributed by atoms with Gasteiger partial charge in [0, 0.05) is 4.83 Å². The first-order valence-corrected chi connectivity index (χ1v) is 5.34. The molecule has 13 heavy (non-hydrogen) atoms. The first-order valence-electron chi connectivity index (χ1n) is 4.42. The van der Waals surface area contributed by atoms with Gasteiger partial charge in [0.15, 0.2) is 0 Å². The van der Waals surface area contributed by atoms with Crippen molar-refractivity contribution in [2.75, 3.05) is 0 Å². The Labute approximate surface area is 87.3 Å². The fraction of sp³-hybridized carbons (Fsp3) is 0.455. The van der Waals surface area contributed by atoms with Gasteiger partial charge in [-0.3, -0.25) is 0 Å². The van der Waals surface area contributed by atoms with Gasteiger partial charge in [-0.15, -0.1) is 0 Å². The largest absolute Gasteiger partial charge is 0.207 e. The van der Waals surface area contributed by atoms with Crippen molar-refractivity contribution >= 4 is 15.9 Å². The molecule has 0 aromatic heterocycles. The smallest absolute Gasteiger partial charge is 0.126 e. The van der Waals surface area contributed by atoms with Crippen LogP contribution in [-0.2, 0) is 0 Å². The summed E-state index contributed by atoms with van der Waals surface area (Å²) in [6.45, 7) is 5.94. The van der Waals surface area contributed by atoms with Crippen LogP contribution in [0.25, 0.3) is 0 Å². The van der Waals surface area contributed by atoms with Gasteiger partial charge in [0.1, 0.15) is 5.82 Å². The lowest BCUT2D eigenvalue weighted by Crippen LogP contribution is -2.04. The van der Waals surface area contributed by atoms with Gasteiger partial charge in [-0.05, 0) is 30.0 Å². The number of hydrogen-bond acceptors (Lipinski definition) is 0. The zero-order valence-electron chi connectivity index (χ0n) is 8.14. The van der Waals surface area contributed by atoms with E-state index in [1.807, 2.05) is 12.1 Å². The van der Waals surface area contributed by atoms with Crippen molar-refractivity contribution in [2.24, 2.45) is 0 Å². The van der Waals surface area contributed by atoms with Crippen molar-refractivity contribution < 1.29 is 4.39 Å². The molecule has 1 aromatic rings. The van der Waals surface area contributed by atoms with Crippen LogP contribution < -0.4 is 0 Å². The Hall–Kier alpha value is -0.370. The first-order chi connectivity index (χ1) is 6.02. The van der Waals surface area contributed by atoms with Crippen molar-refractivity contribution in [1.29, 1.82) is 0 Å². The van der Waals surface area contributed by atoms with Crippen LogP contribution in [0.2, 0.25) is 0 Å². The highest BCUT2D eigenvalue weighted by molar-refractivity contribution is 9.09. The molecule has 0 nitrogen and oxygen atoms in total. The molecule has 72 valence electrons. The Morgan fingerprint density at radius 3 is 2.38 bits per heavy atom. The van der Waals surface area contributed by atoms with E-state index in [2.05, 4.69) is 29.8 Å². The molecule has 0 aliphatic heterocycles. The van der Waals surface area contributed by atoms with E-state index in [4.69, 9.17) is 0 Å². The summed E-state index contributed by atoms with van der Waals surface area (Å²) in [5, 5.41) is 0. The van der Waals surface area contributed by atoms with E-state index in [0.717, 1.165) is 5.56 Å². The normalized spacial score (nSPS) is 15.5. The molecule has 2 heteroatoms. The first kappa shape index (κ1) is 10.7. The standard InChI is InChI=1S/C11H14BrF/c1-7-4-5-10(6-11(7)13)8(2)9(3)12/h4-6,8-9H,1-3H3. The van der Waals surface area contributed by atoms with Crippen LogP contribution in [-0.4, -0.2) is 4.83 Å². The second-order valence-corrected chi connectivity index (χ2v) is 4.92. The average molecular weight is 245 g/mol. The summed E-state index contributed by atoms with van der Waals surface area (Å²) in [6, 6.07) is 5.44. The van der Waals surface area contributed by atoms with E-state index in [9.17, 15) is 4.39 Å². The van der Waals surface area contributed by atoms with Crippen molar-refractivity contribution in [3.63, 3.8) is 0 Å². The minimum Gasteiger partial charge on any atom is -0.207 e. The maximum Gasteiger partial charge on any atom is 0.126 e. The number of hydrogen-bond donors (Lipinski definition) is 0. The molecule has 0 saturated heterocycles. The SMILES string of the molecule is Cc1ccc(C(C)C(C)Br)cc1F. The highest BCUT2D eigenvalue weighted by Gasteiger charge is 2.12. The Balaban J connectivity index is 2.97. The van der Waals surface area contributed by atoms with E-state index < -0.39 is 0 Å². The van der Waals surface area contributed by atoms with Gasteiger partial charge < -0.3 is 0 Å². The lowest BCUT2D eigenvalue weighted by molar-refractivity contribution is 0.612. The van der Waals surface area contributed by atoms with Gasteiger partial charge in [-0.25, -0.2) is 4.39 Å². The number of aryl methyl sites for hydroxylation is 1. The molecular weight excluding hydrogens is 231 g/mol. The number of benzene rings is 1. The summed E-state index contributed by atoms with van der Waals surface area (Å²) in [5.41, 5.74) is 1.76. The minimum absolute atomic E-state index is 0.113. The molecule has 0 heterocycles. The molecule has 0 aliphatic rings. The van der Waals surface area contributed by atoms with Gasteiger partial charge in [0.25, 0.3) is 0 Å². The van der Waals surface area contributed by atoms with Crippen molar-refractivity contribution in [3.8, 4) is 0 Å². The minimum atomic E-state index is -0.113. The highest BCUT2D eigenvalue weighted by atomic mass is 79.9. The molecular formula is C11H14BrF. The maximum absolute atomic E-state index is 13.2. The monoisotopic (exact) mass is 244 g/mol. The summed E-state index contributed by atoms with van der Waals surface area (Å²) < 4.78 is 13.2. The molecule has 2 unspecified atom stereocenters. The Kier molecular flexibility index (Phi) is 3.48. The third-order valence-corrected chi connectivity index (χ3v) is 3.20. The van der Waals surface area contributed by atoms with Crippen LogP contribution in [0.15, 0.2) is 18.2 Å². The van der Waals surface area contributed by atoms with E-state index in [-0.39, 0.29) is 5.82 Å². The zero-order chi connectivity index (χ0) is 10.0. The predicted octanol–water partition coefficient (Wildman–Crippen LogP) is 4.02. The van der Waals surface area contributed by atoms with Crippen LogP contribution in [0.4, 0.5) is 4.39 Å². The Morgan fingerprint density at radius 1 is 1.31 bits per heavy atom. The topological polar surface area (TPSA) is 0 Å². The molecule has 0 fully saturated rings. The molecule has 1 aromatic carbocycles. The second kappa shape index (κ2) is 4.23. The molecule has 0 aliphatic carbocycles. The van der Waals surface area contributed by atoms with E-state index in [1.54, 1.807) is 13.0 Å². The second-order valence-electron chi connectivity index (χ2n) is 3.47. The van der Waals surface area contributed by atoms with Crippen molar-refractivity contribution in [3.05, 3.63) is 35.1 Å². The average Bonchev–Trinajstić information content (AvgIpc) is 2.08. The third-order valence-electron chi connectivity index (χ3n) is 2.41. The fourth-order valence-corrected chi connectivity index (χ4v) is 1.46. The lowest BCUT2D eigenvalue weighted by Gasteiger charge is -2.14. The number of alkyl halides is 1.